The minimum absolute atomic E-state index is 0.0475. The molecule has 3 aromatic heterocycles. The largest absolute Gasteiger partial charge is 0.496 e. The Morgan fingerprint density at radius 2 is 1.95 bits per heavy atom. The van der Waals surface area contributed by atoms with Crippen molar-refractivity contribution in [1.82, 2.24) is 30.2 Å². The number of hydrogen-bond acceptors (Lipinski definition) is 8. The number of halogens is 1. The maximum atomic E-state index is 13.8. The Morgan fingerprint density at radius 1 is 1.23 bits per heavy atom. The van der Waals surface area contributed by atoms with Gasteiger partial charge < -0.3 is 25.7 Å². The number of aromatic nitrogens is 4. The van der Waals surface area contributed by atoms with E-state index < -0.39 is 0 Å². The van der Waals surface area contributed by atoms with E-state index in [-0.39, 0.29) is 35.0 Å². The van der Waals surface area contributed by atoms with Crippen molar-refractivity contribution < 1.29 is 14.3 Å². The van der Waals surface area contributed by atoms with E-state index in [1.54, 1.807) is 25.6 Å². The van der Waals surface area contributed by atoms with E-state index in [0.29, 0.717) is 46.2 Å². The predicted molar refractivity (Wildman–Crippen MR) is 156 cm³/mol. The number of H-pyrrole nitrogens is 1. The Hall–Kier alpha value is -3.96. The normalized spacial score (nSPS) is 13.8. The van der Waals surface area contributed by atoms with Crippen molar-refractivity contribution in [1.29, 1.82) is 0 Å². The van der Waals surface area contributed by atoms with Gasteiger partial charge in [0.2, 0.25) is 5.95 Å². The first-order chi connectivity index (χ1) is 19.1. The first-order valence-corrected chi connectivity index (χ1v) is 13.5. The van der Waals surface area contributed by atoms with Crippen LogP contribution in [0.3, 0.4) is 0 Å². The molecule has 0 fully saturated rings. The Morgan fingerprint density at radius 3 is 2.62 bits per heavy atom. The maximum Gasteiger partial charge on any atom is 0.260 e. The summed E-state index contributed by atoms with van der Waals surface area (Å²) in [6, 6.07) is 0. The van der Waals surface area contributed by atoms with E-state index in [1.165, 1.54) is 4.90 Å². The highest BCUT2D eigenvalue weighted by Gasteiger charge is 2.38. The molecule has 0 unspecified atom stereocenters. The van der Waals surface area contributed by atoms with Crippen LogP contribution < -0.4 is 20.7 Å². The molecule has 0 radical (unpaired) electrons. The molecule has 0 saturated heterocycles. The third-order valence-electron chi connectivity index (χ3n) is 7.24. The Balaban J connectivity index is 1.66. The predicted octanol–water partition coefficient (Wildman–Crippen LogP) is 3.53. The molecule has 0 aromatic carbocycles. The fourth-order valence-electron chi connectivity index (χ4n) is 4.88. The molecular weight excluding hydrogens is 532 g/mol. The van der Waals surface area contributed by atoms with Gasteiger partial charge in [0.05, 0.1) is 36.0 Å². The van der Waals surface area contributed by atoms with Crippen LogP contribution >= 0.6 is 11.6 Å². The van der Waals surface area contributed by atoms with Gasteiger partial charge in [0.1, 0.15) is 10.9 Å². The van der Waals surface area contributed by atoms with E-state index >= 15 is 0 Å². The number of likely N-dealkylation sites (N-methyl/N-ethyl adjacent to an activating group) is 1. The summed E-state index contributed by atoms with van der Waals surface area (Å²) in [5.74, 6) is 0.436. The van der Waals surface area contributed by atoms with Gasteiger partial charge in [0, 0.05) is 42.3 Å². The topological polar surface area (TPSA) is 142 Å². The number of nitrogens with zero attached hydrogens (tertiary/aromatic N) is 5. The quantitative estimate of drug-likeness (QED) is 0.250. The minimum Gasteiger partial charge on any atom is -0.496 e. The minimum atomic E-state index is -0.336. The number of ether oxygens (including phenoxy) is 1. The van der Waals surface area contributed by atoms with E-state index in [1.807, 2.05) is 20.8 Å². The highest BCUT2D eigenvalue weighted by Crippen LogP contribution is 2.42. The Labute approximate surface area is 238 Å². The van der Waals surface area contributed by atoms with Gasteiger partial charge >= 0.3 is 0 Å². The first-order valence-electron chi connectivity index (χ1n) is 13.2. The van der Waals surface area contributed by atoms with Gasteiger partial charge in [-0.25, -0.2) is 4.98 Å². The molecule has 212 valence electrons. The van der Waals surface area contributed by atoms with Gasteiger partial charge in [-0.05, 0) is 45.5 Å². The highest BCUT2D eigenvalue weighted by molar-refractivity contribution is 6.41. The van der Waals surface area contributed by atoms with Gasteiger partial charge in [-0.15, -0.1) is 0 Å². The zero-order valence-corrected chi connectivity index (χ0v) is 24.4. The number of aromatic amines is 1. The molecule has 1 aliphatic heterocycles. The van der Waals surface area contributed by atoms with E-state index in [9.17, 15) is 9.59 Å². The highest BCUT2D eigenvalue weighted by atomic mass is 35.5. The molecule has 3 aromatic rings. The molecule has 0 saturated carbocycles. The number of nitrogen functional groups attached to an aromatic ring is 1. The third kappa shape index (κ3) is 5.52. The molecule has 0 aliphatic carbocycles. The van der Waals surface area contributed by atoms with Crippen LogP contribution in [0.25, 0.3) is 11.6 Å². The first kappa shape index (κ1) is 29.0. The van der Waals surface area contributed by atoms with Crippen LogP contribution in [0.15, 0.2) is 12.4 Å². The molecule has 0 spiro atoms. The SMILES string of the molecule is CCN(CC)CCNC(=O)c1c[nH]c(/C=C2\C(=O)N(Cc3ncc(C)c(OC)c3C)c3nc(N)nc(Cl)c32)c1C. The van der Waals surface area contributed by atoms with E-state index in [4.69, 9.17) is 22.1 Å². The number of nitrogens with one attached hydrogen (secondary N) is 2. The zero-order chi connectivity index (χ0) is 29.1. The summed E-state index contributed by atoms with van der Waals surface area (Å²) in [6.45, 7) is 13.1. The molecule has 40 heavy (non-hydrogen) atoms. The second-order valence-corrected chi connectivity index (χ2v) is 9.95. The molecule has 0 bridgehead atoms. The van der Waals surface area contributed by atoms with Gasteiger partial charge in [0.15, 0.2) is 5.82 Å². The zero-order valence-electron chi connectivity index (χ0n) is 23.7. The lowest BCUT2D eigenvalue weighted by molar-refractivity contribution is -0.113. The van der Waals surface area contributed by atoms with E-state index in [2.05, 4.69) is 44.0 Å². The Kier molecular flexibility index (Phi) is 8.75. The van der Waals surface area contributed by atoms with Crippen molar-refractivity contribution >= 4 is 46.8 Å². The summed E-state index contributed by atoms with van der Waals surface area (Å²) in [5.41, 5.74) is 10.7. The number of anilines is 2. The molecule has 4 N–H and O–H groups in total. The van der Waals surface area contributed by atoms with Crippen LogP contribution in [0.1, 0.15) is 57.8 Å². The van der Waals surface area contributed by atoms with Crippen LogP contribution in [0.5, 0.6) is 5.75 Å². The molecule has 1 aliphatic rings. The van der Waals surface area contributed by atoms with Crippen LogP contribution in [-0.2, 0) is 11.3 Å². The summed E-state index contributed by atoms with van der Waals surface area (Å²) >= 11 is 6.51. The van der Waals surface area contributed by atoms with E-state index in [0.717, 1.165) is 30.8 Å². The van der Waals surface area contributed by atoms with Crippen LogP contribution in [0.4, 0.5) is 11.8 Å². The molecular formula is C28H35ClN8O3. The van der Waals surface area contributed by atoms with Crippen molar-refractivity contribution in [2.45, 2.75) is 41.2 Å². The number of carbonyl (C=O) groups is 2. The summed E-state index contributed by atoms with van der Waals surface area (Å²) in [5, 5.41) is 3.03. The maximum absolute atomic E-state index is 13.8. The fraction of sp³-hybridized carbons (Fsp3) is 0.393. The number of amides is 2. The number of pyridine rings is 1. The molecule has 4 rings (SSSR count). The second-order valence-electron chi connectivity index (χ2n) is 9.59. The lowest BCUT2D eigenvalue weighted by Crippen LogP contribution is -2.34. The summed E-state index contributed by atoms with van der Waals surface area (Å²) in [7, 11) is 1.60. The van der Waals surface area contributed by atoms with Crippen molar-refractivity contribution in [3.05, 3.63) is 56.8 Å². The lowest BCUT2D eigenvalue weighted by Gasteiger charge is -2.19. The van der Waals surface area contributed by atoms with Gasteiger partial charge in [0.25, 0.3) is 11.8 Å². The monoisotopic (exact) mass is 566 g/mol. The smallest absolute Gasteiger partial charge is 0.260 e. The number of aryl methyl sites for hydroxylation is 1. The summed E-state index contributed by atoms with van der Waals surface area (Å²) < 4.78 is 5.54. The van der Waals surface area contributed by atoms with Gasteiger partial charge in [-0.3, -0.25) is 19.5 Å². The fourth-order valence-corrected chi connectivity index (χ4v) is 5.15. The lowest BCUT2D eigenvalue weighted by atomic mass is 10.1. The molecule has 12 heteroatoms. The summed E-state index contributed by atoms with van der Waals surface area (Å²) in [6.07, 6.45) is 5.02. The van der Waals surface area contributed by atoms with Crippen molar-refractivity contribution in [2.75, 3.05) is 43.9 Å². The average molecular weight is 567 g/mol. The number of fused-ring (bicyclic) bond motifs is 1. The average Bonchev–Trinajstić information content (AvgIpc) is 3.41. The number of hydrogen-bond donors (Lipinski definition) is 3. The van der Waals surface area contributed by atoms with Crippen molar-refractivity contribution in [3.63, 3.8) is 0 Å². The molecule has 2 amide bonds. The molecule has 11 nitrogen and oxygen atoms in total. The standard InChI is InChI=1S/C28H35ClN8O3/c1-7-36(8-2)10-9-31-26(38)19-13-33-20(16(19)4)11-18-22-24(29)34-28(30)35-25(22)37(27(18)39)14-21-17(5)23(40-6)15(3)12-32-21/h11-13,33H,7-10,14H2,1-6H3,(H,31,38)(H2,30,34,35)/b18-11-. The number of nitrogens with two attached hydrogens (primary N) is 1. The van der Waals surface area contributed by atoms with Gasteiger partial charge in [-0.1, -0.05) is 25.4 Å². The van der Waals surface area contributed by atoms with Crippen LogP contribution in [-0.4, -0.2) is 69.9 Å². The van der Waals surface area contributed by atoms with Crippen molar-refractivity contribution in [2.24, 2.45) is 0 Å². The second kappa shape index (κ2) is 12.1. The molecule has 0 atom stereocenters. The van der Waals surface area contributed by atoms with Crippen LogP contribution in [0.2, 0.25) is 5.15 Å². The van der Waals surface area contributed by atoms with Crippen molar-refractivity contribution in [3.8, 4) is 5.75 Å². The number of methoxy groups -OCH3 is 1. The third-order valence-corrected chi connectivity index (χ3v) is 7.52. The number of rotatable bonds is 10. The van der Waals surface area contributed by atoms with Crippen LogP contribution in [0, 0.1) is 20.8 Å². The molecule has 4 heterocycles. The summed E-state index contributed by atoms with van der Waals surface area (Å²) in [4.78, 5) is 46.5. The van der Waals surface area contributed by atoms with Gasteiger partial charge in [-0.2, -0.15) is 4.98 Å². The number of carbonyl (C=O) groups excluding carboxylic acids is 2. The Bertz CT molecular complexity index is 1480.